The van der Waals surface area contributed by atoms with Crippen LogP contribution in [0.3, 0.4) is 0 Å². The first-order valence-corrected chi connectivity index (χ1v) is 4.88. The summed E-state index contributed by atoms with van der Waals surface area (Å²) in [6, 6.07) is 0. The zero-order chi connectivity index (χ0) is 9.26. The van der Waals surface area contributed by atoms with Crippen molar-refractivity contribution < 1.29 is 9.53 Å². The number of hydrogen-bond donors (Lipinski definition) is 1. The second-order valence-electron chi connectivity index (χ2n) is 3.95. The molecule has 1 heterocycles. The second-order valence-corrected chi connectivity index (χ2v) is 3.95. The lowest BCUT2D eigenvalue weighted by molar-refractivity contribution is -0.121. The first-order chi connectivity index (χ1) is 6.25. The minimum Gasteiger partial charge on any atom is -0.375 e. The number of hydrogen-bond acceptors (Lipinski definition) is 3. The molecule has 1 aliphatic heterocycles. The van der Waals surface area contributed by atoms with Gasteiger partial charge in [-0.1, -0.05) is 0 Å². The Kier molecular flexibility index (Phi) is 2.51. The van der Waals surface area contributed by atoms with Gasteiger partial charge in [0, 0.05) is 13.1 Å². The molecule has 74 valence electrons. The quantitative estimate of drug-likeness (QED) is 0.648. The number of nitrogens with two attached hydrogens (primary N) is 1. The molecule has 1 atom stereocenters. The number of ether oxygens (including phenoxy) is 1. The number of carbonyl (C=O) groups is 1. The Bertz CT molecular complexity index is 204. The first kappa shape index (κ1) is 8.97. The lowest BCUT2D eigenvalue weighted by atomic mass is 10.2. The van der Waals surface area contributed by atoms with E-state index < -0.39 is 0 Å². The number of primary amides is 1. The van der Waals surface area contributed by atoms with Gasteiger partial charge in [0.05, 0.1) is 19.3 Å². The maximum absolute atomic E-state index is 10.7. The molecule has 1 saturated carbocycles. The average molecular weight is 184 g/mol. The Balaban J connectivity index is 1.80. The van der Waals surface area contributed by atoms with Gasteiger partial charge in [-0.25, -0.2) is 0 Å². The SMILES string of the molecule is NC(=O)CN1CCOC(C2CC2)C1. The molecule has 4 heteroatoms. The summed E-state index contributed by atoms with van der Waals surface area (Å²) in [5.74, 6) is 0.507. The number of nitrogens with zero attached hydrogens (tertiary/aromatic N) is 1. The summed E-state index contributed by atoms with van der Waals surface area (Å²) in [4.78, 5) is 12.8. The van der Waals surface area contributed by atoms with Gasteiger partial charge in [0.25, 0.3) is 0 Å². The fraction of sp³-hybridized carbons (Fsp3) is 0.889. The third-order valence-electron chi connectivity index (χ3n) is 2.70. The van der Waals surface area contributed by atoms with Crippen LogP contribution in [0.4, 0.5) is 0 Å². The maximum atomic E-state index is 10.7. The summed E-state index contributed by atoms with van der Waals surface area (Å²) < 4.78 is 5.62. The molecular formula is C9H16N2O2. The van der Waals surface area contributed by atoms with E-state index in [-0.39, 0.29) is 5.91 Å². The fourth-order valence-corrected chi connectivity index (χ4v) is 1.85. The monoisotopic (exact) mass is 184 g/mol. The average Bonchev–Trinajstić information content (AvgIpc) is 2.85. The van der Waals surface area contributed by atoms with Crippen molar-refractivity contribution in [1.82, 2.24) is 4.90 Å². The van der Waals surface area contributed by atoms with E-state index in [1.54, 1.807) is 0 Å². The Hall–Kier alpha value is -0.610. The van der Waals surface area contributed by atoms with Crippen molar-refractivity contribution in [2.24, 2.45) is 11.7 Å². The van der Waals surface area contributed by atoms with Crippen LogP contribution in [0.25, 0.3) is 0 Å². The molecule has 4 nitrogen and oxygen atoms in total. The normalized spacial score (nSPS) is 30.3. The highest BCUT2D eigenvalue weighted by atomic mass is 16.5. The fourth-order valence-electron chi connectivity index (χ4n) is 1.85. The Morgan fingerprint density at radius 3 is 2.92 bits per heavy atom. The lowest BCUT2D eigenvalue weighted by Crippen LogP contribution is -2.46. The van der Waals surface area contributed by atoms with Crippen LogP contribution >= 0.6 is 0 Å². The van der Waals surface area contributed by atoms with Gasteiger partial charge in [0.15, 0.2) is 0 Å². The van der Waals surface area contributed by atoms with Gasteiger partial charge in [-0.3, -0.25) is 9.69 Å². The molecule has 0 aromatic heterocycles. The van der Waals surface area contributed by atoms with Crippen molar-refractivity contribution in [3.63, 3.8) is 0 Å². The van der Waals surface area contributed by atoms with E-state index in [1.807, 2.05) is 0 Å². The molecule has 13 heavy (non-hydrogen) atoms. The number of amides is 1. The van der Waals surface area contributed by atoms with Crippen LogP contribution in [0.2, 0.25) is 0 Å². The summed E-state index contributed by atoms with van der Waals surface area (Å²) >= 11 is 0. The Morgan fingerprint density at radius 1 is 1.54 bits per heavy atom. The van der Waals surface area contributed by atoms with Crippen LogP contribution in [-0.4, -0.2) is 43.2 Å². The summed E-state index contributed by atoms with van der Waals surface area (Å²) in [6.45, 7) is 2.85. The predicted molar refractivity (Wildman–Crippen MR) is 48.1 cm³/mol. The Morgan fingerprint density at radius 2 is 2.31 bits per heavy atom. The molecule has 0 aromatic rings. The van der Waals surface area contributed by atoms with Crippen molar-refractivity contribution in [3.05, 3.63) is 0 Å². The van der Waals surface area contributed by atoms with Gasteiger partial charge in [-0.05, 0) is 18.8 Å². The topological polar surface area (TPSA) is 55.6 Å². The van der Waals surface area contributed by atoms with E-state index in [0.717, 1.165) is 25.6 Å². The zero-order valence-corrected chi connectivity index (χ0v) is 7.74. The van der Waals surface area contributed by atoms with Gasteiger partial charge >= 0.3 is 0 Å². The third kappa shape index (κ3) is 2.42. The van der Waals surface area contributed by atoms with E-state index in [0.29, 0.717) is 12.6 Å². The van der Waals surface area contributed by atoms with Crippen LogP contribution in [0.1, 0.15) is 12.8 Å². The van der Waals surface area contributed by atoms with Crippen molar-refractivity contribution in [2.75, 3.05) is 26.2 Å². The molecule has 1 aliphatic carbocycles. The molecule has 0 spiro atoms. The van der Waals surface area contributed by atoms with Gasteiger partial charge < -0.3 is 10.5 Å². The summed E-state index contributed by atoms with van der Waals surface area (Å²) in [6.07, 6.45) is 2.93. The van der Waals surface area contributed by atoms with E-state index in [2.05, 4.69) is 4.90 Å². The molecule has 1 amide bonds. The Labute approximate surface area is 78.0 Å². The minimum absolute atomic E-state index is 0.239. The van der Waals surface area contributed by atoms with E-state index in [9.17, 15) is 4.79 Å². The van der Waals surface area contributed by atoms with Crippen LogP contribution in [0, 0.1) is 5.92 Å². The summed E-state index contributed by atoms with van der Waals surface area (Å²) in [5.41, 5.74) is 5.14. The molecule has 2 rings (SSSR count). The van der Waals surface area contributed by atoms with Gasteiger partial charge in [-0.2, -0.15) is 0 Å². The minimum atomic E-state index is -0.239. The molecule has 0 aromatic carbocycles. The largest absolute Gasteiger partial charge is 0.375 e. The molecule has 1 unspecified atom stereocenters. The van der Waals surface area contributed by atoms with Gasteiger partial charge in [0.1, 0.15) is 0 Å². The van der Waals surface area contributed by atoms with E-state index >= 15 is 0 Å². The van der Waals surface area contributed by atoms with Crippen LogP contribution in [0.5, 0.6) is 0 Å². The molecule has 1 saturated heterocycles. The highest BCUT2D eigenvalue weighted by Crippen LogP contribution is 2.35. The van der Waals surface area contributed by atoms with Crippen molar-refractivity contribution in [3.8, 4) is 0 Å². The van der Waals surface area contributed by atoms with Crippen molar-refractivity contribution >= 4 is 5.91 Å². The van der Waals surface area contributed by atoms with Crippen molar-refractivity contribution in [1.29, 1.82) is 0 Å². The van der Waals surface area contributed by atoms with Crippen LogP contribution < -0.4 is 5.73 Å². The maximum Gasteiger partial charge on any atom is 0.231 e. The molecule has 2 fully saturated rings. The zero-order valence-electron chi connectivity index (χ0n) is 7.74. The highest BCUT2D eigenvalue weighted by molar-refractivity contribution is 5.75. The predicted octanol–water partition coefficient (Wildman–Crippen LogP) is -0.417. The first-order valence-electron chi connectivity index (χ1n) is 4.88. The smallest absolute Gasteiger partial charge is 0.231 e. The highest BCUT2D eigenvalue weighted by Gasteiger charge is 2.35. The van der Waals surface area contributed by atoms with Gasteiger partial charge in [0.2, 0.25) is 5.91 Å². The third-order valence-corrected chi connectivity index (χ3v) is 2.70. The summed E-state index contributed by atoms with van der Waals surface area (Å²) in [5, 5.41) is 0. The van der Waals surface area contributed by atoms with E-state index in [1.165, 1.54) is 12.8 Å². The molecule has 0 bridgehead atoms. The van der Waals surface area contributed by atoms with E-state index in [4.69, 9.17) is 10.5 Å². The van der Waals surface area contributed by atoms with Crippen molar-refractivity contribution in [2.45, 2.75) is 18.9 Å². The molecule has 2 N–H and O–H groups in total. The summed E-state index contributed by atoms with van der Waals surface area (Å²) in [7, 11) is 0. The molecule has 2 aliphatic rings. The van der Waals surface area contributed by atoms with Crippen LogP contribution in [0.15, 0.2) is 0 Å². The number of carbonyl (C=O) groups excluding carboxylic acids is 1. The number of morpholine rings is 1. The lowest BCUT2D eigenvalue weighted by Gasteiger charge is -2.32. The molecule has 0 radical (unpaired) electrons. The second kappa shape index (κ2) is 3.64. The molecular weight excluding hydrogens is 168 g/mol. The van der Waals surface area contributed by atoms with Crippen LogP contribution in [-0.2, 0) is 9.53 Å². The number of rotatable bonds is 3. The standard InChI is InChI=1S/C9H16N2O2/c10-9(12)6-11-3-4-13-8(5-11)7-1-2-7/h7-8H,1-6H2,(H2,10,12). The van der Waals surface area contributed by atoms with Gasteiger partial charge in [-0.15, -0.1) is 0 Å².